The van der Waals surface area contributed by atoms with Gasteiger partial charge in [0.15, 0.2) is 0 Å². The van der Waals surface area contributed by atoms with Gasteiger partial charge in [0.05, 0.1) is 6.42 Å². The molecule has 116 valence electrons. The van der Waals surface area contributed by atoms with Crippen molar-refractivity contribution in [3.63, 3.8) is 0 Å². The topological polar surface area (TPSA) is 79.9 Å². The predicted molar refractivity (Wildman–Crippen MR) is 86.4 cm³/mol. The van der Waals surface area contributed by atoms with E-state index in [4.69, 9.17) is 4.74 Å². The van der Waals surface area contributed by atoms with Gasteiger partial charge in [0.2, 0.25) is 5.91 Å². The quantitative estimate of drug-likeness (QED) is 0.759. The maximum atomic E-state index is 12.0. The Kier molecular flexibility index (Phi) is 4.33. The second-order valence-electron chi connectivity index (χ2n) is 5.07. The van der Waals surface area contributed by atoms with Crippen molar-refractivity contribution in [1.29, 1.82) is 0 Å². The number of ether oxygens (including phenoxy) is 1. The Morgan fingerprint density at radius 3 is 2.70 bits per heavy atom. The van der Waals surface area contributed by atoms with Crippen LogP contribution in [0, 0.1) is 6.92 Å². The molecular weight excluding hydrogens is 292 g/mol. The minimum atomic E-state index is -0.101. The number of aromatic amines is 1. The Morgan fingerprint density at radius 2 is 2.00 bits per heavy atom. The third kappa shape index (κ3) is 3.94. The largest absolute Gasteiger partial charge is 0.457 e. The number of nitrogens with one attached hydrogen (secondary N) is 2. The number of rotatable bonds is 5. The smallest absolute Gasteiger partial charge is 0.230 e. The van der Waals surface area contributed by atoms with Gasteiger partial charge in [-0.1, -0.05) is 0 Å². The first-order valence-corrected chi connectivity index (χ1v) is 7.17. The van der Waals surface area contributed by atoms with Gasteiger partial charge in [0.25, 0.3) is 0 Å². The Balaban J connectivity index is 1.65. The molecule has 0 atom stereocenters. The molecule has 0 unspecified atom stereocenters. The van der Waals surface area contributed by atoms with Crippen molar-refractivity contribution in [2.45, 2.75) is 13.3 Å². The minimum absolute atomic E-state index is 0.101. The number of aryl methyl sites for hydroxylation is 1. The lowest BCUT2D eigenvalue weighted by Gasteiger charge is -2.11. The lowest BCUT2D eigenvalue weighted by atomic mass is 10.2. The molecule has 6 nitrogen and oxygen atoms in total. The molecule has 0 spiro atoms. The van der Waals surface area contributed by atoms with Crippen LogP contribution < -0.4 is 10.1 Å². The number of benzene rings is 1. The zero-order chi connectivity index (χ0) is 16.1. The van der Waals surface area contributed by atoms with Crippen LogP contribution in [0.2, 0.25) is 0 Å². The van der Waals surface area contributed by atoms with Crippen molar-refractivity contribution in [2.75, 3.05) is 5.32 Å². The molecule has 1 aromatic carbocycles. The molecule has 0 radical (unpaired) electrons. The number of pyridine rings is 1. The molecule has 6 heteroatoms. The SMILES string of the molecule is Cc1cc(NC(=O)Cc2ccn[nH]2)ccc1Oc1ccncc1. The summed E-state index contributed by atoms with van der Waals surface area (Å²) in [4.78, 5) is 15.9. The summed E-state index contributed by atoms with van der Waals surface area (Å²) in [6.07, 6.45) is 5.23. The Hall–Kier alpha value is -3.15. The number of carbonyl (C=O) groups is 1. The third-order valence-electron chi connectivity index (χ3n) is 3.25. The minimum Gasteiger partial charge on any atom is -0.457 e. The monoisotopic (exact) mass is 308 g/mol. The van der Waals surface area contributed by atoms with Crippen LogP contribution in [0.3, 0.4) is 0 Å². The molecular formula is C17H16N4O2. The number of aromatic nitrogens is 3. The highest BCUT2D eigenvalue weighted by molar-refractivity contribution is 5.92. The summed E-state index contributed by atoms with van der Waals surface area (Å²) in [6, 6.07) is 10.9. The fourth-order valence-corrected chi connectivity index (χ4v) is 2.14. The Labute approximate surface area is 133 Å². The van der Waals surface area contributed by atoms with Crippen LogP contribution in [-0.2, 0) is 11.2 Å². The van der Waals surface area contributed by atoms with E-state index in [1.54, 1.807) is 36.8 Å². The highest BCUT2D eigenvalue weighted by Gasteiger charge is 2.07. The fraction of sp³-hybridized carbons (Fsp3) is 0.118. The number of carbonyl (C=O) groups excluding carboxylic acids is 1. The van der Waals surface area contributed by atoms with Crippen LogP contribution >= 0.6 is 0 Å². The summed E-state index contributed by atoms with van der Waals surface area (Å²) in [5.74, 6) is 1.36. The molecule has 0 aliphatic heterocycles. The second kappa shape index (κ2) is 6.74. The molecule has 0 saturated heterocycles. The van der Waals surface area contributed by atoms with Gasteiger partial charge >= 0.3 is 0 Å². The molecule has 1 amide bonds. The van der Waals surface area contributed by atoms with E-state index in [0.717, 1.165) is 28.4 Å². The van der Waals surface area contributed by atoms with E-state index < -0.39 is 0 Å². The van der Waals surface area contributed by atoms with Gasteiger partial charge < -0.3 is 10.1 Å². The van der Waals surface area contributed by atoms with Crippen molar-refractivity contribution >= 4 is 11.6 Å². The van der Waals surface area contributed by atoms with Gasteiger partial charge in [-0.2, -0.15) is 5.10 Å². The highest BCUT2D eigenvalue weighted by Crippen LogP contribution is 2.26. The molecule has 2 N–H and O–H groups in total. The van der Waals surface area contributed by atoms with Crippen molar-refractivity contribution in [1.82, 2.24) is 15.2 Å². The van der Waals surface area contributed by atoms with E-state index in [2.05, 4.69) is 20.5 Å². The Bertz CT molecular complexity index is 786. The van der Waals surface area contributed by atoms with Gasteiger partial charge in [-0.15, -0.1) is 0 Å². The summed E-state index contributed by atoms with van der Waals surface area (Å²) >= 11 is 0. The summed E-state index contributed by atoms with van der Waals surface area (Å²) in [6.45, 7) is 1.93. The van der Waals surface area contributed by atoms with Crippen molar-refractivity contribution in [2.24, 2.45) is 0 Å². The predicted octanol–water partition coefficient (Wildman–Crippen LogP) is 3.09. The van der Waals surface area contributed by atoms with Crippen LogP contribution in [0.1, 0.15) is 11.3 Å². The van der Waals surface area contributed by atoms with Gasteiger partial charge in [-0.05, 0) is 48.9 Å². The van der Waals surface area contributed by atoms with Gasteiger partial charge in [0.1, 0.15) is 11.5 Å². The molecule has 0 aliphatic carbocycles. The average Bonchev–Trinajstić information content (AvgIpc) is 3.04. The average molecular weight is 308 g/mol. The first-order valence-electron chi connectivity index (χ1n) is 7.17. The molecule has 0 aliphatic rings. The van der Waals surface area contributed by atoms with Gasteiger partial charge in [0, 0.05) is 30.0 Å². The fourth-order valence-electron chi connectivity index (χ4n) is 2.14. The maximum Gasteiger partial charge on any atom is 0.230 e. The molecule has 0 bridgehead atoms. The molecule has 3 aromatic rings. The zero-order valence-electron chi connectivity index (χ0n) is 12.6. The number of hydrogen-bond acceptors (Lipinski definition) is 4. The molecule has 2 aromatic heterocycles. The van der Waals surface area contributed by atoms with Crippen molar-refractivity contribution in [3.8, 4) is 11.5 Å². The van der Waals surface area contributed by atoms with E-state index in [-0.39, 0.29) is 12.3 Å². The van der Waals surface area contributed by atoms with Crippen LogP contribution in [0.25, 0.3) is 0 Å². The van der Waals surface area contributed by atoms with Crippen molar-refractivity contribution in [3.05, 3.63) is 66.2 Å². The molecule has 2 heterocycles. The van der Waals surface area contributed by atoms with Crippen LogP contribution in [0.15, 0.2) is 55.0 Å². The number of amides is 1. The normalized spacial score (nSPS) is 10.3. The summed E-state index contributed by atoms with van der Waals surface area (Å²) in [5.41, 5.74) is 2.44. The van der Waals surface area contributed by atoms with Crippen LogP contribution in [-0.4, -0.2) is 21.1 Å². The summed E-state index contributed by atoms with van der Waals surface area (Å²) in [7, 11) is 0. The third-order valence-corrected chi connectivity index (χ3v) is 3.25. The van der Waals surface area contributed by atoms with E-state index in [9.17, 15) is 4.79 Å². The first kappa shape index (κ1) is 14.8. The second-order valence-corrected chi connectivity index (χ2v) is 5.07. The number of hydrogen-bond donors (Lipinski definition) is 2. The van der Waals surface area contributed by atoms with Crippen molar-refractivity contribution < 1.29 is 9.53 Å². The summed E-state index contributed by atoms with van der Waals surface area (Å²) in [5, 5.41) is 9.45. The first-order chi connectivity index (χ1) is 11.2. The van der Waals surface area contributed by atoms with Crippen LogP contribution in [0.4, 0.5) is 5.69 Å². The van der Waals surface area contributed by atoms with E-state index in [1.807, 2.05) is 25.1 Å². The maximum absolute atomic E-state index is 12.0. The molecule has 0 fully saturated rings. The van der Waals surface area contributed by atoms with Crippen LogP contribution in [0.5, 0.6) is 11.5 Å². The zero-order valence-corrected chi connectivity index (χ0v) is 12.6. The van der Waals surface area contributed by atoms with Gasteiger partial charge in [-0.3, -0.25) is 14.9 Å². The lowest BCUT2D eigenvalue weighted by Crippen LogP contribution is -2.14. The highest BCUT2D eigenvalue weighted by atomic mass is 16.5. The van der Waals surface area contributed by atoms with Gasteiger partial charge in [-0.25, -0.2) is 0 Å². The molecule has 23 heavy (non-hydrogen) atoms. The van der Waals surface area contributed by atoms with E-state index in [1.165, 1.54) is 0 Å². The number of anilines is 1. The Morgan fingerprint density at radius 1 is 1.17 bits per heavy atom. The number of H-pyrrole nitrogens is 1. The number of nitrogens with zero attached hydrogens (tertiary/aromatic N) is 2. The summed E-state index contributed by atoms with van der Waals surface area (Å²) < 4.78 is 5.79. The lowest BCUT2D eigenvalue weighted by molar-refractivity contribution is -0.115. The standard InChI is InChI=1S/C17H16N4O2/c1-12-10-13(20-17(22)11-14-4-9-19-21-14)2-3-16(12)23-15-5-7-18-8-6-15/h2-10H,11H2,1H3,(H,19,21)(H,20,22). The molecule has 0 saturated carbocycles. The van der Waals surface area contributed by atoms with E-state index >= 15 is 0 Å². The van der Waals surface area contributed by atoms with E-state index in [0.29, 0.717) is 0 Å². The molecule has 3 rings (SSSR count).